The Balaban J connectivity index is 3.04. The standard InChI is InChI=1S/C8H8BClN2O4S/c10-7-3-6(4-11)1-2-8(7)17(15,16)12-5-9(13)14/h1-3,12-14H,5H2. The summed E-state index contributed by atoms with van der Waals surface area (Å²) >= 11 is 5.71. The van der Waals surface area contributed by atoms with Crippen LogP contribution >= 0.6 is 11.6 Å². The summed E-state index contributed by atoms with van der Waals surface area (Å²) in [6.45, 7) is 0. The van der Waals surface area contributed by atoms with Crippen LogP contribution in [0.4, 0.5) is 0 Å². The van der Waals surface area contributed by atoms with Crippen molar-refractivity contribution < 1.29 is 18.5 Å². The summed E-state index contributed by atoms with van der Waals surface area (Å²) in [7, 11) is -5.71. The second-order valence-electron chi connectivity index (χ2n) is 3.09. The fourth-order valence-corrected chi connectivity index (χ4v) is 2.62. The Kier molecular flexibility index (Phi) is 4.50. The number of sulfonamides is 1. The van der Waals surface area contributed by atoms with Crippen molar-refractivity contribution >= 4 is 28.7 Å². The van der Waals surface area contributed by atoms with Gasteiger partial charge in [-0.1, -0.05) is 11.6 Å². The Morgan fingerprint density at radius 2 is 2.12 bits per heavy atom. The molecule has 90 valence electrons. The van der Waals surface area contributed by atoms with Crippen LogP contribution in [-0.4, -0.2) is 32.0 Å². The third kappa shape index (κ3) is 3.69. The smallest absolute Gasteiger partial charge is 0.426 e. The van der Waals surface area contributed by atoms with Crippen molar-refractivity contribution in [2.45, 2.75) is 4.90 Å². The lowest BCUT2D eigenvalue weighted by molar-refractivity contribution is 0.404. The number of nitrogens with one attached hydrogen (secondary N) is 1. The van der Waals surface area contributed by atoms with Gasteiger partial charge in [0.05, 0.1) is 16.7 Å². The number of benzene rings is 1. The van der Waals surface area contributed by atoms with Gasteiger partial charge >= 0.3 is 7.12 Å². The quantitative estimate of drug-likeness (QED) is 0.641. The van der Waals surface area contributed by atoms with Crippen LogP contribution in [0, 0.1) is 11.3 Å². The lowest BCUT2D eigenvalue weighted by Gasteiger charge is -2.07. The predicted octanol–water partition coefficient (Wildman–Crippen LogP) is -0.498. The highest BCUT2D eigenvalue weighted by atomic mass is 35.5. The van der Waals surface area contributed by atoms with Crippen molar-refractivity contribution in [2.24, 2.45) is 0 Å². The van der Waals surface area contributed by atoms with Crippen LogP contribution in [0.1, 0.15) is 5.56 Å². The third-order valence-corrected chi connectivity index (χ3v) is 3.71. The van der Waals surface area contributed by atoms with Crippen LogP contribution in [-0.2, 0) is 10.0 Å². The molecule has 0 fully saturated rings. The maximum absolute atomic E-state index is 11.7. The second-order valence-corrected chi connectivity index (χ2v) is 5.23. The predicted molar refractivity (Wildman–Crippen MR) is 61.5 cm³/mol. The Morgan fingerprint density at radius 3 is 2.59 bits per heavy atom. The van der Waals surface area contributed by atoms with Gasteiger partial charge in [-0.25, -0.2) is 13.1 Å². The van der Waals surface area contributed by atoms with Crippen molar-refractivity contribution in [1.29, 1.82) is 5.26 Å². The molecule has 1 aromatic carbocycles. The third-order valence-electron chi connectivity index (χ3n) is 1.81. The van der Waals surface area contributed by atoms with Crippen LogP contribution in [0.5, 0.6) is 0 Å². The van der Waals surface area contributed by atoms with Crippen molar-refractivity contribution in [2.75, 3.05) is 6.44 Å². The maximum atomic E-state index is 11.7. The molecule has 0 heterocycles. The molecule has 0 saturated carbocycles. The molecule has 0 radical (unpaired) electrons. The Hall–Kier alpha value is -1.11. The number of nitriles is 1. The topological polar surface area (TPSA) is 110 Å². The Bertz CT molecular complexity index is 555. The van der Waals surface area contributed by atoms with E-state index in [0.29, 0.717) is 0 Å². The molecule has 9 heteroatoms. The van der Waals surface area contributed by atoms with Crippen LogP contribution in [0.15, 0.2) is 23.1 Å². The molecule has 0 spiro atoms. The van der Waals surface area contributed by atoms with Gasteiger partial charge < -0.3 is 10.0 Å². The lowest BCUT2D eigenvalue weighted by Crippen LogP contribution is -2.35. The first-order valence-electron chi connectivity index (χ1n) is 4.42. The van der Waals surface area contributed by atoms with E-state index in [1.807, 2.05) is 10.8 Å². The van der Waals surface area contributed by atoms with E-state index in [9.17, 15) is 8.42 Å². The fourth-order valence-electron chi connectivity index (χ4n) is 1.05. The molecule has 17 heavy (non-hydrogen) atoms. The van der Waals surface area contributed by atoms with Crippen LogP contribution in [0.3, 0.4) is 0 Å². The molecule has 6 nitrogen and oxygen atoms in total. The average molecular weight is 274 g/mol. The second kappa shape index (κ2) is 5.49. The number of hydrogen-bond donors (Lipinski definition) is 3. The number of halogens is 1. The largest absolute Gasteiger partial charge is 0.467 e. The summed E-state index contributed by atoms with van der Waals surface area (Å²) in [5.74, 6) is 0. The molecule has 0 bridgehead atoms. The molecule has 0 amide bonds. The van der Waals surface area contributed by atoms with Gasteiger partial charge in [-0.3, -0.25) is 0 Å². The summed E-state index contributed by atoms with van der Waals surface area (Å²) in [5, 5.41) is 25.6. The highest BCUT2D eigenvalue weighted by Crippen LogP contribution is 2.22. The molecule has 0 aliphatic carbocycles. The van der Waals surface area contributed by atoms with E-state index in [1.54, 1.807) is 0 Å². The van der Waals surface area contributed by atoms with E-state index in [4.69, 9.17) is 26.9 Å². The van der Waals surface area contributed by atoms with Crippen molar-refractivity contribution in [3.63, 3.8) is 0 Å². The molecule has 0 saturated heterocycles. The van der Waals surface area contributed by atoms with E-state index in [1.165, 1.54) is 18.2 Å². The maximum Gasteiger partial charge on any atom is 0.467 e. The molecule has 0 aliphatic heterocycles. The monoisotopic (exact) mass is 274 g/mol. The first-order chi connectivity index (χ1) is 7.86. The first-order valence-corrected chi connectivity index (χ1v) is 6.28. The van der Waals surface area contributed by atoms with E-state index >= 15 is 0 Å². The molecule has 1 aromatic rings. The zero-order valence-electron chi connectivity index (χ0n) is 8.46. The minimum Gasteiger partial charge on any atom is -0.426 e. The van der Waals surface area contributed by atoms with Crippen LogP contribution < -0.4 is 4.72 Å². The average Bonchev–Trinajstić information content (AvgIpc) is 2.26. The molecule has 1 rings (SSSR count). The van der Waals surface area contributed by atoms with Gasteiger partial charge in [-0.05, 0) is 18.2 Å². The lowest BCUT2D eigenvalue weighted by atomic mass is 9.94. The molecule has 3 N–H and O–H groups in total. The van der Waals surface area contributed by atoms with Gasteiger partial charge in [-0.2, -0.15) is 5.26 Å². The highest BCUT2D eigenvalue weighted by molar-refractivity contribution is 7.89. The molecule has 0 aromatic heterocycles. The highest BCUT2D eigenvalue weighted by Gasteiger charge is 2.20. The van der Waals surface area contributed by atoms with Gasteiger partial charge in [0, 0.05) is 6.44 Å². The molecule has 0 aliphatic rings. The SMILES string of the molecule is N#Cc1ccc(S(=O)(=O)NCB(O)O)c(Cl)c1. The van der Waals surface area contributed by atoms with Gasteiger partial charge in [0.2, 0.25) is 10.0 Å². The number of nitrogens with zero attached hydrogens (tertiary/aromatic N) is 1. The van der Waals surface area contributed by atoms with E-state index < -0.39 is 23.6 Å². The molecule has 0 atom stereocenters. The Morgan fingerprint density at radius 1 is 1.47 bits per heavy atom. The minimum absolute atomic E-state index is 0.107. The summed E-state index contributed by atoms with van der Waals surface area (Å²) in [5.41, 5.74) is 0.233. The van der Waals surface area contributed by atoms with Gasteiger partial charge in [0.15, 0.2) is 0 Å². The zero-order chi connectivity index (χ0) is 13.1. The van der Waals surface area contributed by atoms with Gasteiger partial charge in [0.1, 0.15) is 4.90 Å². The summed E-state index contributed by atoms with van der Waals surface area (Å²) in [4.78, 5) is -0.223. The van der Waals surface area contributed by atoms with E-state index in [0.717, 1.165) is 0 Å². The minimum atomic E-state index is -3.92. The van der Waals surface area contributed by atoms with Gasteiger partial charge in [0.25, 0.3) is 0 Å². The summed E-state index contributed by atoms with van der Waals surface area (Å²) in [6.07, 6.45) is -0.543. The summed E-state index contributed by atoms with van der Waals surface area (Å²) in [6, 6.07) is 5.51. The van der Waals surface area contributed by atoms with E-state index in [-0.39, 0.29) is 15.5 Å². The first kappa shape index (κ1) is 14.0. The normalized spacial score (nSPS) is 10.9. The number of rotatable bonds is 4. The molecule has 0 unspecified atom stereocenters. The molecular weight excluding hydrogens is 266 g/mol. The Labute approximate surface area is 104 Å². The number of hydrogen-bond acceptors (Lipinski definition) is 5. The van der Waals surface area contributed by atoms with E-state index in [2.05, 4.69) is 0 Å². The van der Waals surface area contributed by atoms with Gasteiger partial charge in [-0.15, -0.1) is 0 Å². The van der Waals surface area contributed by atoms with Crippen molar-refractivity contribution in [1.82, 2.24) is 4.72 Å². The zero-order valence-corrected chi connectivity index (χ0v) is 10.0. The van der Waals surface area contributed by atoms with Crippen molar-refractivity contribution in [3.05, 3.63) is 28.8 Å². The summed E-state index contributed by atoms with van der Waals surface area (Å²) < 4.78 is 25.3. The van der Waals surface area contributed by atoms with Crippen molar-refractivity contribution in [3.8, 4) is 6.07 Å². The van der Waals surface area contributed by atoms with Crippen LogP contribution in [0.2, 0.25) is 5.02 Å². The molecular formula is C8H8BClN2O4S. The fraction of sp³-hybridized carbons (Fsp3) is 0.125. The van der Waals surface area contributed by atoms with Crippen LogP contribution in [0.25, 0.3) is 0 Å².